The topological polar surface area (TPSA) is 49.3 Å². The first-order valence-corrected chi connectivity index (χ1v) is 7.32. The molecule has 0 saturated carbocycles. The number of carboxylic acid groups (broad SMARTS) is 1. The zero-order valence-electron chi connectivity index (χ0n) is 9.87. The van der Waals surface area contributed by atoms with Crippen molar-refractivity contribution >= 4 is 17.7 Å². The summed E-state index contributed by atoms with van der Waals surface area (Å²) in [6, 6.07) is 0. The Kier molecular flexibility index (Phi) is 3.80. The second kappa shape index (κ2) is 4.96. The molecule has 0 spiro atoms. The maximum absolute atomic E-state index is 11.1. The van der Waals surface area contributed by atoms with Crippen molar-refractivity contribution in [3.05, 3.63) is 0 Å². The third-order valence-electron chi connectivity index (χ3n) is 3.87. The fourth-order valence-corrected chi connectivity index (χ4v) is 4.06. The summed E-state index contributed by atoms with van der Waals surface area (Å²) in [5.41, 5.74) is -0.674. The average Bonchev–Trinajstić information content (AvgIpc) is 2.63. The van der Waals surface area contributed by atoms with Crippen LogP contribution in [0.3, 0.4) is 0 Å². The fourth-order valence-electron chi connectivity index (χ4n) is 2.89. The Hall–Kier alpha value is -0.220. The van der Waals surface area contributed by atoms with Gasteiger partial charge in [-0.1, -0.05) is 0 Å². The summed E-state index contributed by atoms with van der Waals surface area (Å²) in [5, 5.41) is 12.3. The molecule has 0 bridgehead atoms. The minimum absolute atomic E-state index is 0.560. The zero-order chi connectivity index (χ0) is 11.6. The van der Waals surface area contributed by atoms with Gasteiger partial charge in [-0.15, -0.1) is 0 Å². The maximum atomic E-state index is 11.1. The van der Waals surface area contributed by atoms with Crippen LogP contribution in [0.4, 0.5) is 0 Å². The summed E-state index contributed by atoms with van der Waals surface area (Å²) >= 11 is 2.06. The van der Waals surface area contributed by atoms with Crippen molar-refractivity contribution in [3.63, 3.8) is 0 Å². The SMILES string of the molecule is CC1(C(=O)O)CC(CC2CCCSC2)CN1. The quantitative estimate of drug-likeness (QED) is 0.795. The Labute approximate surface area is 101 Å². The Morgan fingerprint density at radius 2 is 2.38 bits per heavy atom. The van der Waals surface area contributed by atoms with E-state index in [0.29, 0.717) is 5.92 Å². The molecule has 0 amide bonds. The fraction of sp³-hybridized carbons (Fsp3) is 0.917. The summed E-state index contributed by atoms with van der Waals surface area (Å²) < 4.78 is 0. The summed E-state index contributed by atoms with van der Waals surface area (Å²) in [6.45, 7) is 2.69. The molecule has 0 aliphatic carbocycles. The molecule has 2 aliphatic rings. The van der Waals surface area contributed by atoms with Gasteiger partial charge in [-0.25, -0.2) is 0 Å². The smallest absolute Gasteiger partial charge is 0.323 e. The molecule has 2 aliphatic heterocycles. The second-order valence-corrected chi connectivity index (χ2v) is 6.56. The number of nitrogens with one attached hydrogen (secondary N) is 1. The van der Waals surface area contributed by atoms with Gasteiger partial charge in [0.15, 0.2) is 0 Å². The van der Waals surface area contributed by atoms with Gasteiger partial charge in [0.2, 0.25) is 0 Å². The lowest BCUT2D eigenvalue weighted by Gasteiger charge is -2.24. The predicted octanol–water partition coefficient (Wildman–Crippen LogP) is 1.97. The van der Waals surface area contributed by atoms with Crippen molar-refractivity contribution in [1.82, 2.24) is 5.32 Å². The van der Waals surface area contributed by atoms with Gasteiger partial charge >= 0.3 is 5.97 Å². The Bertz CT molecular complexity index is 266. The van der Waals surface area contributed by atoms with E-state index in [9.17, 15) is 4.79 Å². The number of carboxylic acids is 1. The van der Waals surface area contributed by atoms with Crippen LogP contribution in [0, 0.1) is 11.8 Å². The zero-order valence-corrected chi connectivity index (χ0v) is 10.7. The highest BCUT2D eigenvalue weighted by molar-refractivity contribution is 7.99. The van der Waals surface area contributed by atoms with Crippen LogP contribution in [-0.4, -0.2) is 34.7 Å². The first kappa shape index (κ1) is 12.2. The van der Waals surface area contributed by atoms with E-state index in [0.717, 1.165) is 18.9 Å². The van der Waals surface area contributed by atoms with E-state index in [-0.39, 0.29) is 0 Å². The molecule has 16 heavy (non-hydrogen) atoms. The van der Waals surface area contributed by atoms with Crippen molar-refractivity contribution in [2.75, 3.05) is 18.1 Å². The number of hydrogen-bond donors (Lipinski definition) is 2. The van der Waals surface area contributed by atoms with E-state index in [1.54, 1.807) is 0 Å². The van der Waals surface area contributed by atoms with Gasteiger partial charge in [0.25, 0.3) is 0 Å². The Balaban J connectivity index is 1.82. The Morgan fingerprint density at radius 3 is 2.94 bits per heavy atom. The molecular weight excluding hydrogens is 222 g/mol. The monoisotopic (exact) mass is 243 g/mol. The van der Waals surface area contributed by atoms with E-state index in [2.05, 4.69) is 17.1 Å². The van der Waals surface area contributed by atoms with Gasteiger partial charge in [-0.2, -0.15) is 11.8 Å². The lowest BCUT2D eigenvalue weighted by molar-refractivity contribution is -0.143. The van der Waals surface area contributed by atoms with Crippen molar-refractivity contribution in [2.45, 2.75) is 38.1 Å². The van der Waals surface area contributed by atoms with Gasteiger partial charge in [0, 0.05) is 0 Å². The highest BCUT2D eigenvalue weighted by Crippen LogP contribution is 2.33. The molecular formula is C12H21NO2S. The average molecular weight is 243 g/mol. The summed E-state index contributed by atoms with van der Waals surface area (Å²) in [7, 11) is 0. The first-order chi connectivity index (χ1) is 7.60. The van der Waals surface area contributed by atoms with Crippen LogP contribution in [0.25, 0.3) is 0 Å². The standard InChI is InChI=1S/C12H21NO2S/c1-12(11(14)15)6-10(7-13-12)5-9-3-2-4-16-8-9/h9-10,13H,2-8H2,1H3,(H,14,15). The molecule has 3 atom stereocenters. The summed E-state index contributed by atoms with van der Waals surface area (Å²) in [5.74, 6) is 3.27. The largest absolute Gasteiger partial charge is 0.480 e. The van der Waals surface area contributed by atoms with E-state index in [4.69, 9.17) is 5.11 Å². The first-order valence-electron chi connectivity index (χ1n) is 6.16. The molecule has 4 heteroatoms. The van der Waals surface area contributed by atoms with Crippen LogP contribution in [0.1, 0.15) is 32.6 Å². The molecule has 2 N–H and O–H groups in total. The van der Waals surface area contributed by atoms with Crippen molar-refractivity contribution in [2.24, 2.45) is 11.8 Å². The van der Waals surface area contributed by atoms with Crippen LogP contribution in [0.5, 0.6) is 0 Å². The molecule has 0 aromatic rings. The van der Waals surface area contributed by atoms with Gasteiger partial charge in [0.05, 0.1) is 0 Å². The van der Waals surface area contributed by atoms with Crippen molar-refractivity contribution in [1.29, 1.82) is 0 Å². The van der Waals surface area contributed by atoms with Gasteiger partial charge in [0.1, 0.15) is 5.54 Å². The van der Waals surface area contributed by atoms with E-state index in [1.165, 1.54) is 30.8 Å². The molecule has 3 nitrogen and oxygen atoms in total. The lowest BCUT2D eigenvalue weighted by atomic mass is 9.87. The summed E-state index contributed by atoms with van der Waals surface area (Å²) in [4.78, 5) is 11.1. The molecule has 2 saturated heterocycles. The number of hydrogen-bond acceptors (Lipinski definition) is 3. The third kappa shape index (κ3) is 2.72. The predicted molar refractivity (Wildman–Crippen MR) is 66.8 cm³/mol. The minimum atomic E-state index is -0.701. The van der Waals surface area contributed by atoms with Gasteiger partial charge in [-0.3, -0.25) is 4.79 Å². The number of thioether (sulfide) groups is 1. The minimum Gasteiger partial charge on any atom is -0.480 e. The molecule has 92 valence electrons. The number of aliphatic carboxylic acids is 1. The molecule has 0 aromatic carbocycles. The third-order valence-corrected chi connectivity index (χ3v) is 5.16. The van der Waals surface area contributed by atoms with E-state index < -0.39 is 11.5 Å². The van der Waals surface area contributed by atoms with Crippen LogP contribution >= 0.6 is 11.8 Å². The molecule has 2 rings (SSSR count). The normalized spacial score (nSPS) is 39.8. The van der Waals surface area contributed by atoms with Crippen LogP contribution in [0.15, 0.2) is 0 Å². The lowest BCUT2D eigenvalue weighted by Crippen LogP contribution is -2.44. The highest BCUT2D eigenvalue weighted by Gasteiger charge is 2.41. The van der Waals surface area contributed by atoms with E-state index in [1.807, 2.05) is 6.92 Å². The van der Waals surface area contributed by atoms with E-state index >= 15 is 0 Å². The molecule has 2 fully saturated rings. The molecule has 0 aromatic heterocycles. The van der Waals surface area contributed by atoms with Crippen LogP contribution in [-0.2, 0) is 4.79 Å². The van der Waals surface area contributed by atoms with Crippen molar-refractivity contribution in [3.8, 4) is 0 Å². The van der Waals surface area contributed by atoms with Crippen molar-refractivity contribution < 1.29 is 9.90 Å². The highest BCUT2D eigenvalue weighted by atomic mass is 32.2. The number of rotatable bonds is 3. The number of carbonyl (C=O) groups is 1. The second-order valence-electron chi connectivity index (χ2n) is 5.41. The van der Waals surface area contributed by atoms with Gasteiger partial charge < -0.3 is 10.4 Å². The maximum Gasteiger partial charge on any atom is 0.323 e. The molecule has 0 radical (unpaired) electrons. The molecule has 2 heterocycles. The molecule has 3 unspecified atom stereocenters. The van der Waals surface area contributed by atoms with Gasteiger partial charge in [-0.05, 0) is 62.5 Å². The summed E-state index contributed by atoms with van der Waals surface area (Å²) in [6.07, 6.45) is 4.69. The van der Waals surface area contributed by atoms with Crippen LogP contribution in [0.2, 0.25) is 0 Å². The Morgan fingerprint density at radius 1 is 1.56 bits per heavy atom. The van der Waals surface area contributed by atoms with Crippen LogP contribution < -0.4 is 5.32 Å².